The van der Waals surface area contributed by atoms with Crippen molar-refractivity contribution in [2.45, 2.75) is 41.0 Å². The number of rotatable bonds is 7. The van der Waals surface area contributed by atoms with Crippen LogP contribution in [0.1, 0.15) is 39.7 Å². The number of halogens is 1. The molecule has 0 radical (unpaired) electrons. The predicted molar refractivity (Wildman–Crippen MR) is 104 cm³/mol. The molecule has 1 aromatic carbocycles. The lowest BCUT2D eigenvalue weighted by molar-refractivity contribution is 0.626. The fraction of sp³-hybridized carbons (Fsp3) is 0.286. The van der Waals surface area contributed by atoms with Gasteiger partial charge in [0.05, 0.1) is 5.69 Å². The first kappa shape index (κ1) is 19.6. The molecule has 0 unspecified atom stereocenters. The van der Waals surface area contributed by atoms with E-state index in [1.165, 1.54) is 6.07 Å². The second-order valence-corrected chi connectivity index (χ2v) is 5.58. The van der Waals surface area contributed by atoms with E-state index in [1.54, 1.807) is 11.0 Å². The largest absolute Gasteiger partial charge is 0.315 e. The van der Waals surface area contributed by atoms with Gasteiger partial charge in [0, 0.05) is 30.2 Å². The molecule has 2 nitrogen and oxygen atoms in total. The molecular weight excluding hydrogens is 299 g/mol. The number of hydrogen-bond donors (Lipinski definition) is 0. The molecular formula is C21H27FN2. The van der Waals surface area contributed by atoms with E-state index in [0.29, 0.717) is 11.4 Å². The molecule has 0 saturated heterocycles. The molecule has 0 atom stereocenters. The van der Waals surface area contributed by atoms with Crippen LogP contribution in [-0.2, 0) is 0 Å². The number of aryl methyl sites for hydroxylation is 1. The van der Waals surface area contributed by atoms with Gasteiger partial charge in [-0.2, -0.15) is 0 Å². The van der Waals surface area contributed by atoms with Crippen molar-refractivity contribution in [3.05, 3.63) is 77.6 Å². The highest BCUT2D eigenvalue weighted by molar-refractivity contribution is 5.63. The van der Waals surface area contributed by atoms with Crippen molar-refractivity contribution in [1.82, 2.24) is 0 Å². The monoisotopic (exact) mass is 326 g/mol. The van der Waals surface area contributed by atoms with Crippen molar-refractivity contribution in [3.63, 3.8) is 0 Å². The summed E-state index contributed by atoms with van der Waals surface area (Å²) in [6.07, 6.45) is 10.4. The third-order valence-electron chi connectivity index (χ3n) is 3.69. The highest BCUT2D eigenvalue weighted by Gasteiger charge is 2.14. The molecule has 0 aliphatic carbocycles. The van der Waals surface area contributed by atoms with E-state index in [0.717, 1.165) is 23.3 Å². The molecule has 128 valence electrons. The number of aliphatic imine (C=N–C) groups is 1. The molecule has 0 fully saturated rings. The van der Waals surface area contributed by atoms with E-state index in [4.69, 9.17) is 0 Å². The lowest BCUT2D eigenvalue weighted by atomic mass is 10.1. The molecule has 0 aliphatic rings. The van der Waals surface area contributed by atoms with Gasteiger partial charge in [-0.05, 0) is 57.9 Å². The fourth-order valence-corrected chi connectivity index (χ4v) is 2.14. The third-order valence-corrected chi connectivity index (χ3v) is 3.69. The molecule has 3 heteroatoms. The van der Waals surface area contributed by atoms with Crippen LogP contribution in [0, 0.1) is 12.7 Å². The third kappa shape index (κ3) is 5.34. The summed E-state index contributed by atoms with van der Waals surface area (Å²) in [4.78, 5) is 6.21. The maximum absolute atomic E-state index is 14.4. The molecule has 0 aliphatic heterocycles. The van der Waals surface area contributed by atoms with E-state index in [9.17, 15) is 4.39 Å². The number of anilines is 1. The van der Waals surface area contributed by atoms with Crippen LogP contribution < -0.4 is 4.90 Å². The van der Waals surface area contributed by atoms with E-state index >= 15 is 0 Å². The molecule has 1 aromatic rings. The smallest absolute Gasteiger partial charge is 0.147 e. The molecule has 0 amide bonds. The van der Waals surface area contributed by atoms with Crippen LogP contribution in [0.2, 0.25) is 0 Å². The van der Waals surface area contributed by atoms with Crippen molar-refractivity contribution in [1.29, 1.82) is 0 Å². The van der Waals surface area contributed by atoms with Gasteiger partial charge in [-0.15, -0.1) is 0 Å². The number of hydrogen-bond acceptors (Lipinski definition) is 2. The van der Waals surface area contributed by atoms with Crippen molar-refractivity contribution >= 4 is 11.9 Å². The summed E-state index contributed by atoms with van der Waals surface area (Å²) in [5.74, 6) is -0.267. The minimum Gasteiger partial charge on any atom is -0.315 e. The Morgan fingerprint density at radius 3 is 2.54 bits per heavy atom. The van der Waals surface area contributed by atoms with Gasteiger partial charge >= 0.3 is 0 Å². The van der Waals surface area contributed by atoms with E-state index in [1.807, 2.05) is 71.3 Å². The Bertz CT molecular complexity index is 694. The van der Waals surface area contributed by atoms with Crippen LogP contribution in [0.4, 0.5) is 10.1 Å². The normalized spacial score (nSPS) is 13.1. The lowest BCUT2D eigenvalue weighted by Gasteiger charge is -2.24. The molecule has 0 spiro atoms. The zero-order chi connectivity index (χ0) is 18.1. The highest BCUT2D eigenvalue weighted by atomic mass is 19.1. The molecule has 24 heavy (non-hydrogen) atoms. The highest BCUT2D eigenvalue weighted by Crippen LogP contribution is 2.28. The topological polar surface area (TPSA) is 15.6 Å². The molecule has 1 rings (SSSR count). The van der Waals surface area contributed by atoms with Gasteiger partial charge in [0.15, 0.2) is 0 Å². The predicted octanol–water partition coefficient (Wildman–Crippen LogP) is 6.32. The van der Waals surface area contributed by atoms with Crippen LogP contribution in [-0.4, -0.2) is 6.21 Å². The van der Waals surface area contributed by atoms with E-state index in [-0.39, 0.29) is 5.82 Å². The summed E-state index contributed by atoms with van der Waals surface area (Å²) in [7, 11) is 0. The Hall–Kier alpha value is -2.42. The Labute approximate surface area is 145 Å². The Kier molecular flexibility index (Phi) is 7.90. The SMILES string of the molecule is C=C(/C(C)=C(\C)N=CC/C=C\C)N(/C=C\C)c1ccc(C)cc1F. The van der Waals surface area contributed by atoms with Crippen LogP contribution in [0.5, 0.6) is 0 Å². The summed E-state index contributed by atoms with van der Waals surface area (Å²) >= 11 is 0. The molecule has 0 aromatic heterocycles. The molecule has 0 N–H and O–H groups in total. The van der Waals surface area contributed by atoms with Crippen molar-refractivity contribution in [3.8, 4) is 0 Å². The number of allylic oxidation sites excluding steroid dienone is 5. The van der Waals surface area contributed by atoms with Crippen molar-refractivity contribution in [2.75, 3.05) is 4.90 Å². The summed E-state index contributed by atoms with van der Waals surface area (Å²) in [6.45, 7) is 13.8. The maximum atomic E-state index is 14.4. The van der Waals surface area contributed by atoms with Crippen LogP contribution in [0.25, 0.3) is 0 Å². The van der Waals surface area contributed by atoms with Gasteiger partial charge in [0.2, 0.25) is 0 Å². The minimum absolute atomic E-state index is 0.267. The quantitative estimate of drug-likeness (QED) is 0.325. The summed E-state index contributed by atoms with van der Waals surface area (Å²) in [5, 5.41) is 0. The van der Waals surface area contributed by atoms with E-state index < -0.39 is 0 Å². The first-order valence-electron chi connectivity index (χ1n) is 8.11. The first-order valence-corrected chi connectivity index (χ1v) is 8.11. The summed E-state index contributed by atoms with van der Waals surface area (Å²) in [5.41, 5.74) is 3.86. The second kappa shape index (κ2) is 9.66. The summed E-state index contributed by atoms with van der Waals surface area (Å²) < 4.78 is 14.4. The average Bonchev–Trinajstić information content (AvgIpc) is 2.55. The van der Waals surface area contributed by atoms with Gasteiger partial charge in [-0.1, -0.05) is 30.9 Å². The van der Waals surface area contributed by atoms with Gasteiger partial charge in [0.1, 0.15) is 5.82 Å². The first-order chi connectivity index (χ1) is 11.4. The van der Waals surface area contributed by atoms with Gasteiger partial charge in [-0.25, -0.2) is 4.39 Å². The number of benzene rings is 1. The molecule has 0 saturated carbocycles. The van der Waals surface area contributed by atoms with Gasteiger partial charge < -0.3 is 4.90 Å². The fourth-order valence-electron chi connectivity index (χ4n) is 2.14. The van der Waals surface area contributed by atoms with E-state index in [2.05, 4.69) is 11.6 Å². The van der Waals surface area contributed by atoms with Gasteiger partial charge in [-0.3, -0.25) is 4.99 Å². The zero-order valence-electron chi connectivity index (χ0n) is 15.3. The second-order valence-electron chi connectivity index (χ2n) is 5.58. The lowest BCUT2D eigenvalue weighted by Crippen LogP contribution is -2.17. The number of nitrogens with zero attached hydrogens (tertiary/aromatic N) is 2. The molecule has 0 heterocycles. The Balaban J connectivity index is 3.16. The van der Waals surface area contributed by atoms with Crippen molar-refractivity contribution < 1.29 is 4.39 Å². The van der Waals surface area contributed by atoms with Crippen molar-refractivity contribution in [2.24, 2.45) is 4.99 Å². The zero-order valence-corrected chi connectivity index (χ0v) is 15.3. The Morgan fingerprint density at radius 2 is 1.96 bits per heavy atom. The summed E-state index contributed by atoms with van der Waals surface area (Å²) in [6, 6.07) is 5.19. The Morgan fingerprint density at radius 1 is 1.25 bits per heavy atom. The van der Waals surface area contributed by atoms with Gasteiger partial charge in [0.25, 0.3) is 0 Å². The van der Waals surface area contributed by atoms with Crippen LogP contribution in [0.3, 0.4) is 0 Å². The average molecular weight is 326 g/mol. The minimum atomic E-state index is -0.267. The van der Waals surface area contributed by atoms with Crippen LogP contribution >= 0.6 is 0 Å². The maximum Gasteiger partial charge on any atom is 0.147 e. The standard InChI is InChI=1S/C21H27FN2/c1-7-9-10-13-23-18(5)17(4)19(6)24(14-8-2)21-12-11-16(3)15-20(21)22/h7-9,11-15H,6,10H2,1-5H3/b9-7-,14-8-,18-17+,23-13?. The van der Waals surface area contributed by atoms with Crippen LogP contribution in [0.15, 0.2) is 71.2 Å². The molecule has 0 bridgehead atoms.